The van der Waals surface area contributed by atoms with Gasteiger partial charge >= 0.3 is 0 Å². The molecule has 5 heteroatoms. The molecule has 3 N–H and O–H groups in total. The van der Waals surface area contributed by atoms with Crippen LogP contribution in [0.1, 0.15) is 24.2 Å². The number of aliphatic hydroxyl groups excluding tert-OH is 1. The molecule has 1 heterocycles. The maximum atomic E-state index is 10.3. The van der Waals surface area contributed by atoms with Crippen LogP contribution >= 0.6 is 11.6 Å². The van der Waals surface area contributed by atoms with Crippen molar-refractivity contribution in [1.29, 1.82) is 0 Å². The maximum absolute atomic E-state index is 10.3. The summed E-state index contributed by atoms with van der Waals surface area (Å²) in [5.74, 6) is 1.03. The first-order chi connectivity index (χ1) is 9.11. The summed E-state index contributed by atoms with van der Waals surface area (Å²) in [7, 11) is 0. The van der Waals surface area contributed by atoms with Crippen LogP contribution in [0.2, 0.25) is 5.02 Å². The van der Waals surface area contributed by atoms with Crippen molar-refractivity contribution >= 4 is 17.4 Å². The number of rotatable bonds is 4. The van der Waals surface area contributed by atoms with Crippen LogP contribution in [0, 0.1) is 0 Å². The molecule has 0 radical (unpaired) electrons. The van der Waals surface area contributed by atoms with Crippen molar-refractivity contribution in [3.8, 4) is 5.75 Å². The molecule has 0 saturated heterocycles. The Labute approximate surface area is 116 Å². The molecule has 1 unspecified atom stereocenters. The van der Waals surface area contributed by atoms with E-state index in [4.69, 9.17) is 22.1 Å². The number of hydrogen-bond acceptors (Lipinski definition) is 4. The Kier molecular flexibility index (Phi) is 4.24. The zero-order chi connectivity index (χ0) is 13.8. The summed E-state index contributed by atoms with van der Waals surface area (Å²) >= 11 is 5.87. The van der Waals surface area contributed by atoms with Gasteiger partial charge in [0.1, 0.15) is 17.7 Å². The molecule has 0 spiro atoms. The van der Waals surface area contributed by atoms with E-state index >= 15 is 0 Å². The van der Waals surface area contributed by atoms with Gasteiger partial charge in [-0.25, -0.2) is 4.98 Å². The van der Waals surface area contributed by atoms with E-state index in [2.05, 4.69) is 4.98 Å². The fourth-order valence-electron chi connectivity index (χ4n) is 1.78. The van der Waals surface area contributed by atoms with Crippen LogP contribution in [-0.4, -0.2) is 16.7 Å². The molecule has 0 aliphatic rings. The van der Waals surface area contributed by atoms with Gasteiger partial charge in [0.15, 0.2) is 0 Å². The van der Waals surface area contributed by atoms with Gasteiger partial charge in [-0.05, 0) is 30.7 Å². The molecule has 0 saturated carbocycles. The largest absolute Gasteiger partial charge is 0.494 e. The Morgan fingerprint density at radius 1 is 1.37 bits per heavy atom. The van der Waals surface area contributed by atoms with Crippen LogP contribution < -0.4 is 10.5 Å². The molecule has 0 aliphatic carbocycles. The van der Waals surface area contributed by atoms with Crippen LogP contribution in [0.4, 0.5) is 5.82 Å². The average Bonchev–Trinajstić information content (AvgIpc) is 2.42. The van der Waals surface area contributed by atoms with Crippen molar-refractivity contribution < 1.29 is 9.84 Å². The van der Waals surface area contributed by atoms with E-state index in [1.165, 1.54) is 6.20 Å². The predicted molar refractivity (Wildman–Crippen MR) is 75.3 cm³/mol. The molecule has 0 fully saturated rings. The van der Waals surface area contributed by atoms with Crippen LogP contribution in [0.15, 0.2) is 36.5 Å². The predicted octanol–water partition coefficient (Wildman–Crippen LogP) is 2.80. The third-order valence-electron chi connectivity index (χ3n) is 2.72. The lowest BCUT2D eigenvalue weighted by Crippen LogP contribution is -2.05. The molecular formula is C14H15ClN2O2. The summed E-state index contributed by atoms with van der Waals surface area (Å²) < 4.78 is 5.35. The van der Waals surface area contributed by atoms with E-state index in [1.807, 2.05) is 6.92 Å². The van der Waals surface area contributed by atoms with Gasteiger partial charge in [-0.1, -0.05) is 23.7 Å². The molecule has 1 aromatic carbocycles. The van der Waals surface area contributed by atoms with Gasteiger partial charge in [0, 0.05) is 11.8 Å². The van der Waals surface area contributed by atoms with E-state index in [-0.39, 0.29) is 5.82 Å². The highest BCUT2D eigenvalue weighted by molar-refractivity contribution is 6.30. The van der Waals surface area contributed by atoms with Crippen molar-refractivity contribution in [1.82, 2.24) is 4.98 Å². The number of ether oxygens (including phenoxy) is 1. The normalized spacial score (nSPS) is 12.2. The molecule has 19 heavy (non-hydrogen) atoms. The molecule has 0 bridgehead atoms. The second-order valence-electron chi connectivity index (χ2n) is 4.03. The highest BCUT2D eigenvalue weighted by Gasteiger charge is 2.15. The molecule has 1 atom stereocenters. The molecule has 2 aromatic rings. The Hall–Kier alpha value is -1.78. The number of halogens is 1. The van der Waals surface area contributed by atoms with Crippen molar-refractivity contribution in [3.05, 3.63) is 52.7 Å². The monoisotopic (exact) mass is 278 g/mol. The number of pyridine rings is 1. The van der Waals surface area contributed by atoms with Crippen molar-refractivity contribution in [3.63, 3.8) is 0 Å². The average molecular weight is 279 g/mol. The van der Waals surface area contributed by atoms with Crippen LogP contribution in [0.5, 0.6) is 5.75 Å². The second-order valence-corrected chi connectivity index (χ2v) is 4.47. The lowest BCUT2D eigenvalue weighted by atomic mass is 10.0. The molecular weight excluding hydrogens is 264 g/mol. The first kappa shape index (κ1) is 13.6. The highest BCUT2D eigenvalue weighted by atomic mass is 35.5. The molecule has 100 valence electrons. The fourth-order valence-corrected chi connectivity index (χ4v) is 1.94. The van der Waals surface area contributed by atoms with E-state index in [9.17, 15) is 5.11 Å². The Morgan fingerprint density at radius 3 is 2.68 bits per heavy atom. The van der Waals surface area contributed by atoms with Crippen molar-refractivity contribution in [2.75, 3.05) is 12.3 Å². The van der Waals surface area contributed by atoms with Gasteiger partial charge in [-0.3, -0.25) is 0 Å². The van der Waals surface area contributed by atoms with Gasteiger partial charge in [0.2, 0.25) is 0 Å². The zero-order valence-corrected chi connectivity index (χ0v) is 11.3. The maximum Gasteiger partial charge on any atom is 0.129 e. The molecule has 1 aromatic heterocycles. The minimum Gasteiger partial charge on any atom is -0.494 e. The van der Waals surface area contributed by atoms with Crippen LogP contribution in [0.25, 0.3) is 0 Å². The number of benzene rings is 1. The van der Waals surface area contributed by atoms with Gasteiger partial charge < -0.3 is 15.6 Å². The standard InChI is InChI=1S/C14H15ClN2O2/c1-2-19-11-5-3-9(4-6-11)13(18)12-7-10(15)8-17-14(12)16/h3-8,13,18H,2H2,1H3,(H2,16,17). The minimum absolute atomic E-state index is 0.269. The van der Waals surface area contributed by atoms with Gasteiger partial charge in [0.25, 0.3) is 0 Å². The quantitative estimate of drug-likeness (QED) is 0.902. The highest BCUT2D eigenvalue weighted by Crippen LogP contribution is 2.28. The first-order valence-electron chi connectivity index (χ1n) is 5.93. The minimum atomic E-state index is -0.859. The van der Waals surface area contributed by atoms with E-state index in [0.29, 0.717) is 22.8 Å². The fraction of sp³-hybridized carbons (Fsp3) is 0.214. The summed E-state index contributed by atoms with van der Waals surface area (Å²) in [5.41, 5.74) is 6.96. The summed E-state index contributed by atoms with van der Waals surface area (Å²) in [5, 5.41) is 10.7. The molecule has 2 rings (SSSR count). The smallest absolute Gasteiger partial charge is 0.129 e. The Morgan fingerprint density at radius 2 is 2.05 bits per heavy atom. The molecule has 0 amide bonds. The van der Waals surface area contributed by atoms with Gasteiger partial charge in [0.05, 0.1) is 11.6 Å². The number of nitrogens with two attached hydrogens (primary N) is 1. The number of anilines is 1. The topological polar surface area (TPSA) is 68.4 Å². The Balaban J connectivity index is 2.27. The van der Waals surface area contributed by atoms with Gasteiger partial charge in [-0.15, -0.1) is 0 Å². The molecule has 0 aliphatic heterocycles. The third kappa shape index (κ3) is 3.16. The number of aromatic nitrogens is 1. The summed E-state index contributed by atoms with van der Waals surface area (Å²) in [6.07, 6.45) is 0.590. The SMILES string of the molecule is CCOc1ccc(C(O)c2cc(Cl)cnc2N)cc1. The zero-order valence-electron chi connectivity index (χ0n) is 10.5. The third-order valence-corrected chi connectivity index (χ3v) is 2.92. The number of aliphatic hydroxyl groups is 1. The van der Waals surface area contributed by atoms with Gasteiger partial charge in [-0.2, -0.15) is 0 Å². The number of nitrogens with zero attached hydrogens (tertiary/aromatic N) is 1. The number of nitrogen functional groups attached to an aromatic ring is 1. The van der Waals surface area contributed by atoms with Crippen molar-refractivity contribution in [2.24, 2.45) is 0 Å². The lowest BCUT2D eigenvalue weighted by molar-refractivity contribution is 0.220. The second kappa shape index (κ2) is 5.91. The van der Waals surface area contributed by atoms with Crippen LogP contribution in [-0.2, 0) is 0 Å². The van der Waals surface area contributed by atoms with E-state index < -0.39 is 6.10 Å². The summed E-state index contributed by atoms with van der Waals surface area (Å²) in [4.78, 5) is 3.93. The first-order valence-corrected chi connectivity index (χ1v) is 6.31. The van der Waals surface area contributed by atoms with E-state index in [0.717, 1.165) is 5.75 Å². The molecule has 4 nitrogen and oxygen atoms in total. The summed E-state index contributed by atoms with van der Waals surface area (Å²) in [6.45, 7) is 2.52. The van der Waals surface area contributed by atoms with Crippen LogP contribution in [0.3, 0.4) is 0 Å². The summed E-state index contributed by atoms with van der Waals surface area (Å²) in [6, 6.07) is 8.80. The lowest BCUT2D eigenvalue weighted by Gasteiger charge is -2.14. The number of hydrogen-bond donors (Lipinski definition) is 2. The van der Waals surface area contributed by atoms with E-state index in [1.54, 1.807) is 30.3 Å². The Bertz CT molecular complexity index is 558. The van der Waals surface area contributed by atoms with Crippen molar-refractivity contribution in [2.45, 2.75) is 13.0 Å².